The van der Waals surface area contributed by atoms with Crippen LogP contribution in [0.15, 0.2) is 11.1 Å². The summed E-state index contributed by atoms with van der Waals surface area (Å²) in [6.45, 7) is 14.6. The standard InChI is InChI=1S/C16H26O3S/c1-15(2,3)9-10(16(4,5)6)14-12-11(13(9)20(14)17)18-7-8-19-12/h11-14H,7-8H2,1-6H3. The molecule has 4 heteroatoms. The van der Waals surface area contributed by atoms with Crippen LogP contribution >= 0.6 is 0 Å². The first kappa shape index (κ1) is 14.7. The zero-order chi connectivity index (χ0) is 14.9. The highest BCUT2D eigenvalue weighted by molar-refractivity contribution is 7.87. The second-order valence-corrected chi connectivity index (χ2v) is 9.84. The van der Waals surface area contributed by atoms with Crippen LogP contribution in [-0.2, 0) is 20.3 Å². The molecule has 3 heterocycles. The minimum Gasteiger partial charge on any atom is -0.371 e. The van der Waals surface area contributed by atoms with Crippen molar-refractivity contribution < 1.29 is 13.7 Å². The van der Waals surface area contributed by atoms with Crippen molar-refractivity contribution in [2.45, 2.75) is 64.3 Å². The predicted molar refractivity (Wildman–Crippen MR) is 81.1 cm³/mol. The quantitative estimate of drug-likeness (QED) is 0.645. The highest BCUT2D eigenvalue weighted by atomic mass is 32.2. The van der Waals surface area contributed by atoms with E-state index in [0.29, 0.717) is 13.2 Å². The number of hydrogen-bond acceptors (Lipinski definition) is 3. The Labute approximate surface area is 124 Å². The molecule has 0 aromatic rings. The zero-order valence-corrected chi connectivity index (χ0v) is 14.2. The van der Waals surface area contributed by atoms with Gasteiger partial charge in [0, 0.05) is 10.8 Å². The largest absolute Gasteiger partial charge is 0.371 e. The van der Waals surface area contributed by atoms with E-state index in [2.05, 4.69) is 41.5 Å². The van der Waals surface area contributed by atoms with Gasteiger partial charge in [0.25, 0.3) is 0 Å². The Kier molecular flexibility index (Phi) is 3.24. The van der Waals surface area contributed by atoms with E-state index in [-0.39, 0.29) is 33.5 Å². The first-order chi connectivity index (χ1) is 9.14. The molecular weight excluding hydrogens is 272 g/mol. The minimum atomic E-state index is -0.898. The van der Waals surface area contributed by atoms with E-state index in [1.807, 2.05) is 0 Å². The van der Waals surface area contributed by atoms with Crippen LogP contribution in [0.1, 0.15) is 41.5 Å². The minimum absolute atomic E-state index is 0.00471. The third-order valence-corrected chi connectivity index (χ3v) is 6.61. The van der Waals surface area contributed by atoms with Gasteiger partial charge in [0.15, 0.2) is 0 Å². The highest BCUT2D eigenvalue weighted by Gasteiger charge is 2.63. The van der Waals surface area contributed by atoms with Gasteiger partial charge < -0.3 is 9.47 Å². The molecule has 3 rings (SSSR count). The van der Waals surface area contributed by atoms with Gasteiger partial charge in [0.05, 0.1) is 23.7 Å². The molecule has 20 heavy (non-hydrogen) atoms. The van der Waals surface area contributed by atoms with Gasteiger partial charge >= 0.3 is 0 Å². The fourth-order valence-electron chi connectivity index (χ4n) is 4.03. The summed E-state index contributed by atoms with van der Waals surface area (Å²) in [4.78, 5) is 0. The Balaban J connectivity index is 2.16. The molecule has 0 radical (unpaired) electrons. The lowest BCUT2D eigenvalue weighted by Gasteiger charge is -2.42. The highest BCUT2D eigenvalue weighted by Crippen LogP contribution is 2.55. The Morgan fingerprint density at radius 2 is 1.20 bits per heavy atom. The van der Waals surface area contributed by atoms with E-state index < -0.39 is 10.8 Å². The average molecular weight is 298 g/mol. The topological polar surface area (TPSA) is 35.5 Å². The monoisotopic (exact) mass is 298 g/mol. The van der Waals surface area contributed by atoms with Crippen molar-refractivity contribution in [3.63, 3.8) is 0 Å². The van der Waals surface area contributed by atoms with Crippen LogP contribution in [0.3, 0.4) is 0 Å². The first-order valence-corrected chi connectivity index (χ1v) is 8.79. The van der Waals surface area contributed by atoms with Crippen molar-refractivity contribution in [1.29, 1.82) is 0 Å². The molecule has 2 bridgehead atoms. The molecule has 4 atom stereocenters. The van der Waals surface area contributed by atoms with Crippen LogP contribution in [0.25, 0.3) is 0 Å². The molecule has 3 nitrogen and oxygen atoms in total. The average Bonchev–Trinajstić information content (AvgIpc) is 2.77. The van der Waals surface area contributed by atoms with Crippen LogP contribution in [0, 0.1) is 10.8 Å². The number of hydrogen-bond donors (Lipinski definition) is 0. The molecule has 0 amide bonds. The molecule has 114 valence electrons. The molecule has 0 spiro atoms. The van der Waals surface area contributed by atoms with Gasteiger partial charge in [-0.1, -0.05) is 41.5 Å². The van der Waals surface area contributed by atoms with Crippen LogP contribution in [0.5, 0.6) is 0 Å². The Morgan fingerprint density at radius 3 is 1.50 bits per heavy atom. The third-order valence-electron chi connectivity index (χ3n) is 4.60. The second kappa shape index (κ2) is 4.40. The van der Waals surface area contributed by atoms with Crippen LogP contribution in [0.4, 0.5) is 0 Å². The molecule has 2 fully saturated rings. The van der Waals surface area contributed by atoms with E-state index >= 15 is 0 Å². The molecule has 0 aromatic carbocycles. The molecule has 0 N–H and O–H groups in total. The van der Waals surface area contributed by atoms with E-state index in [0.717, 1.165) is 0 Å². The van der Waals surface area contributed by atoms with Gasteiger partial charge in [-0.15, -0.1) is 0 Å². The maximum atomic E-state index is 13.0. The normalized spacial score (nSPS) is 41.2. The van der Waals surface area contributed by atoms with Crippen molar-refractivity contribution in [2.75, 3.05) is 13.2 Å². The molecule has 0 aliphatic carbocycles. The fourth-order valence-corrected chi connectivity index (χ4v) is 6.77. The van der Waals surface area contributed by atoms with E-state index in [9.17, 15) is 4.21 Å². The molecule has 3 aliphatic rings. The molecular formula is C16H26O3S. The van der Waals surface area contributed by atoms with Crippen molar-refractivity contribution >= 4 is 10.8 Å². The zero-order valence-electron chi connectivity index (χ0n) is 13.4. The smallest absolute Gasteiger partial charge is 0.103 e. The maximum Gasteiger partial charge on any atom is 0.103 e. The Morgan fingerprint density at radius 1 is 0.850 bits per heavy atom. The van der Waals surface area contributed by atoms with Gasteiger partial charge in [0.1, 0.15) is 12.2 Å². The summed E-state index contributed by atoms with van der Waals surface area (Å²) < 4.78 is 24.8. The van der Waals surface area contributed by atoms with Crippen molar-refractivity contribution in [1.82, 2.24) is 0 Å². The van der Waals surface area contributed by atoms with Gasteiger partial charge in [-0.3, -0.25) is 4.21 Å². The lowest BCUT2D eigenvalue weighted by molar-refractivity contribution is -0.133. The number of fused-ring (bicyclic) bond motifs is 5. The first-order valence-electron chi connectivity index (χ1n) is 7.51. The van der Waals surface area contributed by atoms with Gasteiger partial charge in [-0.05, 0) is 22.0 Å². The van der Waals surface area contributed by atoms with Gasteiger partial charge in [-0.25, -0.2) is 0 Å². The number of rotatable bonds is 0. The lowest BCUT2D eigenvalue weighted by atomic mass is 9.68. The summed E-state index contributed by atoms with van der Waals surface area (Å²) in [6.07, 6.45) is -0.00943. The van der Waals surface area contributed by atoms with E-state index in [1.165, 1.54) is 11.1 Å². The van der Waals surface area contributed by atoms with Gasteiger partial charge in [0.2, 0.25) is 0 Å². The fraction of sp³-hybridized carbons (Fsp3) is 0.875. The summed E-state index contributed by atoms with van der Waals surface area (Å²) >= 11 is 0. The Bertz CT molecular complexity index is 439. The second-order valence-electron chi connectivity index (χ2n) is 8.17. The van der Waals surface area contributed by atoms with Gasteiger partial charge in [-0.2, -0.15) is 0 Å². The summed E-state index contributed by atoms with van der Waals surface area (Å²) in [5.41, 5.74) is 2.78. The van der Waals surface area contributed by atoms with Crippen LogP contribution in [-0.4, -0.2) is 40.1 Å². The van der Waals surface area contributed by atoms with E-state index in [1.54, 1.807) is 0 Å². The predicted octanol–water partition coefficient (Wildman–Crippen LogP) is 2.67. The molecule has 4 unspecified atom stereocenters. The van der Waals surface area contributed by atoms with Crippen LogP contribution < -0.4 is 0 Å². The number of ether oxygens (including phenoxy) is 2. The molecule has 3 aliphatic heterocycles. The van der Waals surface area contributed by atoms with Crippen molar-refractivity contribution in [2.24, 2.45) is 10.8 Å². The van der Waals surface area contributed by atoms with Crippen molar-refractivity contribution in [3.05, 3.63) is 11.1 Å². The van der Waals surface area contributed by atoms with Crippen LogP contribution in [0.2, 0.25) is 0 Å². The third kappa shape index (κ3) is 1.95. The summed E-state index contributed by atoms with van der Waals surface area (Å²) in [5.74, 6) is 0. The SMILES string of the molecule is CC(C)(C)C1=C(C(C)(C)C)C2C3OCCOC3C1S2=O. The van der Waals surface area contributed by atoms with Crippen molar-refractivity contribution in [3.8, 4) is 0 Å². The molecule has 0 aromatic heterocycles. The summed E-state index contributed by atoms with van der Waals surface area (Å²) in [5, 5.41) is 0.0547. The summed E-state index contributed by atoms with van der Waals surface area (Å²) in [7, 11) is -0.898. The molecule has 2 saturated heterocycles. The molecule has 0 saturated carbocycles. The van der Waals surface area contributed by atoms with E-state index in [4.69, 9.17) is 9.47 Å². The summed E-state index contributed by atoms with van der Waals surface area (Å²) in [6, 6.07) is 0. The Hall–Kier alpha value is -0.190. The lowest BCUT2D eigenvalue weighted by Crippen LogP contribution is -2.49. The maximum absolute atomic E-state index is 13.0.